The van der Waals surface area contributed by atoms with Gasteiger partial charge in [0.05, 0.1) is 0 Å². The monoisotopic (exact) mass is 381 g/mol. The molecule has 0 saturated carbocycles. The lowest BCUT2D eigenvalue weighted by Gasteiger charge is -2.18. The van der Waals surface area contributed by atoms with Crippen LogP contribution in [0.15, 0.2) is 97.1 Å². The van der Waals surface area contributed by atoms with Crippen LogP contribution >= 0.6 is 0 Å². The van der Waals surface area contributed by atoms with E-state index in [9.17, 15) is 4.79 Å². The predicted molar refractivity (Wildman–Crippen MR) is 122 cm³/mol. The lowest BCUT2D eigenvalue weighted by molar-refractivity contribution is -0.110. The number of aryl methyl sites for hydroxylation is 1. The Bertz CT molecular complexity index is 986. The van der Waals surface area contributed by atoms with E-state index in [0.717, 1.165) is 17.7 Å². The molecule has 0 amide bonds. The smallest absolute Gasteiger partial charge is 0.190 e. The van der Waals surface area contributed by atoms with E-state index in [4.69, 9.17) is 0 Å². The highest BCUT2D eigenvalue weighted by Crippen LogP contribution is 2.23. The molecule has 0 unspecified atom stereocenters. The fourth-order valence-corrected chi connectivity index (χ4v) is 3.27. The standard InChI is InChI=1S/C27H27NO/c1-21-14-16-23(17-15-21)18-26(25-12-8-5-9-13-25)27(29)22(2)19-28(3)20-24-10-6-4-7-11-24/h4-18H,2,19-20H2,1,3H3/b26-18-. The number of hydrogen-bond acceptors (Lipinski definition) is 2. The van der Waals surface area contributed by atoms with Crippen molar-refractivity contribution in [2.45, 2.75) is 13.5 Å². The van der Waals surface area contributed by atoms with Crippen molar-refractivity contribution >= 4 is 17.4 Å². The Morgan fingerprint density at radius 2 is 1.48 bits per heavy atom. The third kappa shape index (κ3) is 5.87. The summed E-state index contributed by atoms with van der Waals surface area (Å²) < 4.78 is 0. The summed E-state index contributed by atoms with van der Waals surface area (Å²) in [6, 6.07) is 28.2. The maximum absolute atomic E-state index is 13.3. The first-order valence-corrected chi connectivity index (χ1v) is 9.81. The number of hydrogen-bond donors (Lipinski definition) is 0. The van der Waals surface area contributed by atoms with Crippen molar-refractivity contribution < 1.29 is 4.79 Å². The van der Waals surface area contributed by atoms with Crippen LogP contribution in [0.2, 0.25) is 0 Å². The minimum Gasteiger partial charge on any atom is -0.298 e. The Kier molecular flexibility index (Phi) is 6.94. The Hall–Kier alpha value is -3.23. The van der Waals surface area contributed by atoms with Crippen LogP contribution in [0, 0.1) is 6.92 Å². The van der Waals surface area contributed by atoms with E-state index in [1.54, 1.807) is 0 Å². The van der Waals surface area contributed by atoms with Crippen LogP contribution in [0.25, 0.3) is 11.6 Å². The normalized spacial score (nSPS) is 11.5. The zero-order chi connectivity index (χ0) is 20.6. The molecule has 0 bridgehead atoms. The molecule has 2 heteroatoms. The molecule has 0 atom stereocenters. The summed E-state index contributed by atoms with van der Waals surface area (Å²) in [6.45, 7) is 7.46. The van der Waals surface area contributed by atoms with Gasteiger partial charge in [-0.15, -0.1) is 0 Å². The molecule has 2 nitrogen and oxygen atoms in total. The maximum atomic E-state index is 13.3. The maximum Gasteiger partial charge on any atom is 0.190 e. The van der Waals surface area contributed by atoms with Crippen molar-refractivity contribution in [3.8, 4) is 0 Å². The first-order chi connectivity index (χ1) is 14.0. The van der Waals surface area contributed by atoms with Crippen molar-refractivity contribution in [3.63, 3.8) is 0 Å². The summed E-state index contributed by atoms with van der Waals surface area (Å²) in [5.41, 5.74) is 5.59. The molecule has 3 aromatic carbocycles. The zero-order valence-corrected chi connectivity index (χ0v) is 17.1. The molecule has 146 valence electrons. The SMILES string of the molecule is C=C(CN(C)Cc1ccccc1)C(=O)/C(=C\c1ccc(C)cc1)c1ccccc1. The summed E-state index contributed by atoms with van der Waals surface area (Å²) in [4.78, 5) is 15.4. The number of rotatable bonds is 8. The number of allylic oxidation sites excluding steroid dienone is 1. The van der Waals surface area contributed by atoms with E-state index in [2.05, 4.69) is 42.7 Å². The van der Waals surface area contributed by atoms with Crippen LogP contribution in [0.1, 0.15) is 22.3 Å². The van der Waals surface area contributed by atoms with E-state index in [1.165, 1.54) is 11.1 Å². The van der Waals surface area contributed by atoms with Crippen LogP contribution < -0.4 is 0 Å². The number of carbonyl (C=O) groups excluding carboxylic acids is 1. The highest BCUT2D eigenvalue weighted by atomic mass is 16.1. The molecule has 0 aliphatic rings. The molecule has 0 aromatic heterocycles. The molecule has 0 aliphatic carbocycles. The number of ketones is 1. The minimum atomic E-state index is -0.0170. The topological polar surface area (TPSA) is 20.3 Å². The molecule has 0 aliphatic heterocycles. The number of carbonyl (C=O) groups is 1. The van der Waals surface area contributed by atoms with Gasteiger partial charge in [0.1, 0.15) is 0 Å². The van der Waals surface area contributed by atoms with Crippen LogP contribution in [0.3, 0.4) is 0 Å². The van der Waals surface area contributed by atoms with Gasteiger partial charge in [-0.1, -0.05) is 97.1 Å². The van der Waals surface area contributed by atoms with Crippen LogP contribution in [-0.4, -0.2) is 24.3 Å². The highest BCUT2D eigenvalue weighted by molar-refractivity contribution is 6.32. The molecule has 29 heavy (non-hydrogen) atoms. The second-order valence-corrected chi connectivity index (χ2v) is 7.43. The lowest BCUT2D eigenvalue weighted by atomic mass is 9.95. The van der Waals surface area contributed by atoms with Gasteiger partial charge in [-0.25, -0.2) is 0 Å². The summed E-state index contributed by atoms with van der Waals surface area (Å²) in [7, 11) is 2.01. The summed E-state index contributed by atoms with van der Waals surface area (Å²) in [5, 5.41) is 0. The number of nitrogens with zero attached hydrogens (tertiary/aromatic N) is 1. The Morgan fingerprint density at radius 1 is 0.897 bits per heavy atom. The van der Waals surface area contributed by atoms with Gasteiger partial charge in [0, 0.05) is 24.2 Å². The third-order valence-corrected chi connectivity index (χ3v) is 4.79. The molecule has 3 aromatic rings. The van der Waals surface area contributed by atoms with Crippen molar-refractivity contribution in [1.82, 2.24) is 4.90 Å². The lowest BCUT2D eigenvalue weighted by Crippen LogP contribution is -2.23. The second kappa shape index (κ2) is 9.81. The van der Waals surface area contributed by atoms with Gasteiger partial charge in [-0.05, 0) is 36.7 Å². The highest BCUT2D eigenvalue weighted by Gasteiger charge is 2.17. The van der Waals surface area contributed by atoms with Gasteiger partial charge in [0.15, 0.2) is 5.78 Å². The Morgan fingerprint density at radius 3 is 2.10 bits per heavy atom. The fraction of sp³-hybridized carbons (Fsp3) is 0.148. The van der Waals surface area contributed by atoms with E-state index in [-0.39, 0.29) is 5.78 Å². The Balaban J connectivity index is 1.80. The molecule has 0 N–H and O–H groups in total. The van der Waals surface area contributed by atoms with E-state index in [0.29, 0.717) is 17.7 Å². The molecule has 0 radical (unpaired) electrons. The van der Waals surface area contributed by atoms with Crippen molar-refractivity contribution in [3.05, 3.63) is 119 Å². The van der Waals surface area contributed by atoms with E-state index in [1.807, 2.05) is 73.8 Å². The van der Waals surface area contributed by atoms with Crippen LogP contribution in [-0.2, 0) is 11.3 Å². The van der Waals surface area contributed by atoms with Crippen LogP contribution in [0.5, 0.6) is 0 Å². The van der Waals surface area contributed by atoms with Gasteiger partial charge >= 0.3 is 0 Å². The molecule has 0 fully saturated rings. The zero-order valence-electron chi connectivity index (χ0n) is 17.1. The quantitative estimate of drug-likeness (QED) is 0.363. The third-order valence-electron chi connectivity index (χ3n) is 4.79. The van der Waals surface area contributed by atoms with Gasteiger partial charge in [0.25, 0.3) is 0 Å². The molecule has 3 rings (SSSR count). The number of Topliss-reactive ketones (excluding diaryl/α,β-unsaturated/α-hetero) is 1. The average Bonchev–Trinajstić information content (AvgIpc) is 2.74. The van der Waals surface area contributed by atoms with Gasteiger partial charge in [0.2, 0.25) is 0 Å². The largest absolute Gasteiger partial charge is 0.298 e. The van der Waals surface area contributed by atoms with Crippen molar-refractivity contribution in [1.29, 1.82) is 0 Å². The summed E-state index contributed by atoms with van der Waals surface area (Å²) in [5.74, 6) is -0.0170. The molecule has 0 saturated heterocycles. The predicted octanol–water partition coefficient (Wildman–Crippen LogP) is 5.79. The number of likely N-dealkylation sites (N-methyl/N-ethyl adjacent to an activating group) is 1. The number of benzene rings is 3. The van der Waals surface area contributed by atoms with Gasteiger partial charge < -0.3 is 0 Å². The van der Waals surface area contributed by atoms with Crippen molar-refractivity contribution in [2.75, 3.05) is 13.6 Å². The summed E-state index contributed by atoms with van der Waals surface area (Å²) in [6.07, 6.45) is 1.96. The molecule has 0 spiro atoms. The van der Waals surface area contributed by atoms with E-state index < -0.39 is 0 Å². The van der Waals surface area contributed by atoms with Gasteiger partial charge in [-0.3, -0.25) is 9.69 Å². The molecular formula is C27H27NO. The van der Waals surface area contributed by atoms with Gasteiger partial charge in [-0.2, -0.15) is 0 Å². The Labute approximate surface area is 173 Å². The van der Waals surface area contributed by atoms with E-state index >= 15 is 0 Å². The first-order valence-electron chi connectivity index (χ1n) is 9.81. The van der Waals surface area contributed by atoms with Crippen LogP contribution in [0.4, 0.5) is 0 Å². The fourth-order valence-electron chi connectivity index (χ4n) is 3.27. The summed E-state index contributed by atoms with van der Waals surface area (Å²) >= 11 is 0. The second-order valence-electron chi connectivity index (χ2n) is 7.43. The minimum absolute atomic E-state index is 0.0170. The first kappa shape index (κ1) is 20.5. The average molecular weight is 382 g/mol. The molecule has 0 heterocycles. The van der Waals surface area contributed by atoms with Crippen molar-refractivity contribution in [2.24, 2.45) is 0 Å². The molecular weight excluding hydrogens is 354 g/mol.